The number of hydrogen-bond donors (Lipinski definition) is 0. The van der Waals surface area contributed by atoms with Crippen LogP contribution < -0.4 is 9.80 Å². The summed E-state index contributed by atoms with van der Waals surface area (Å²) < 4.78 is 1.81. The predicted octanol–water partition coefficient (Wildman–Crippen LogP) is 3.25. The molecule has 0 N–H and O–H groups in total. The van der Waals surface area contributed by atoms with Crippen LogP contribution in [0.15, 0.2) is 36.5 Å². The predicted molar refractivity (Wildman–Crippen MR) is 119 cm³/mol. The summed E-state index contributed by atoms with van der Waals surface area (Å²) in [6.45, 7) is 6.86. The maximum Gasteiger partial charge on any atom is 0.274 e. The third-order valence-corrected chi connectivity index (χ3v) is 6.16. The number of amides is 1. The van der Waals surface area contributed by atoms with Gasteiger partial charge in [-0.05, 0) is 38.0 Å². The summed E-state index contributed by atoms with van der Waals surface area (Å²) in [5.74, 6) is 0.916. The first-order valence-corrected chi connectivity index (χ1v) is 10.9. The largest absolute Gasteiger partial charge is 0.368 e. The van der Waals surface area contributed by atoms with Crippen LogP contribution in [-0.4, -0.2) is 64.7 Å². The number of hydrogen-bond acceptors (Lipinski definition) is 5. The van der Waals surface area contributed by atoms with Gasteiger partial charge in [0.05, 0.1) is 11.9 Å². The lowest BCUT2D eigenvalue weighted by Gasteiger charge is -2.35. The molecular formula is C22H25ClN6O. The van der Waals surface area contributed by atoms with E-state index < -0.39 is 0 Å². The van der Waals surface area contributed by atoms with Gasteiger partial charge in [0.25, 0.3) is 5.91 Å². The Bertz CT molecular complexity index is 1080. The van der Waals surface area contributed by atoms with Crippen LogP contribution in [0.1, 0.15) is 29.0 Å². The Labute approximate surface area is 180 Å². The van der Waals surface area contributed by atoms with Gasteiger partial charge in [0.1, 0.15) is 5.52 Å². The molecule has 1 aromatic carbocycles. The van der Waals surface area contributed by atoms with E-state index in [0.29, 0.717) is 18.8 Å². The zero-order chi connectivity index (χ0) is 20.7. The lowest BCUT2D eigenvalue weighted by molar-refractivity contribution is 0.0740. The van der Waals surface area contributed by atoms with Crippen LogP contribution in [0.3, 0.4) is 0 Å². The molecule has 7 nitrogen and oxygen atoms in total. The second kappa shape index (κ2) is 7.80. The molecule has 3 aromatic rings. The Kier molecular flexibility index (Phi) is 4.98. The van der Waals surface area contributed by atoms with Gasteiger partial charge in [-0.2, -0.15) is 5.10 Å². The molecule has 0 bridgehead atoms. The van der Waals surface area contributed by atoms with Crippen molar-refractivity contribution in [1.29, 1.82) is 0 Å². The van der Waals surface area contributed by atoms with Gasteiger partial charge in [0.15, 0.2) is 11.5 Å². The maximum atomic E-state index is 13.2. The summed E-state index contributed by atoms with van der Waals surface area (Å²) in [6.07, 6.45) is 4.25. The average Bonchev–Trinajstić information content (AvgIpc) is 3.43. The minimum Gasteiger partial charge on any atom is -0.368 e. The fourth-order valence-corrected chi connectivity index (χ4v) is 4.54. The Hall–Kier alpha value is -2.80. The number of halogens is 1. The van der Waals surface area contributed by atoms with Crippen molar-refractivity contribution in [2.24, 2.45) is 0 Å². The molecule has 2 saturated heterocycles. The molecule has 2 aliphatic rings. The first-order chi connectivity index (χ1) is 14.6. The fourth-order valence-electron chi connectivity index (χ4n) is 4.36. The molecule has 4 heterocycles. The van der Waals surface area contributed by atoms with Gasteiger partial charge < -0.3 is 14.7 Å². The Morgan fingerprint density at radius 2 is 1.77 bits per heavy atom. The lowest BCUT2D eigenvalue weighted by Crippen LogP contribution is -2.48. The fraction of sp³-hybridized carbons (Fsp3) is 0.409. The van der Waals surface area contributed by atoms with E-state index >= 15 is 0 Å². The van der Waals surface area contributed by atoms with Crippen molar-refractivity contribution in [3.05, 3.63) is 52.9 Å². The van der Waals surface area contributed by atoms with Crippen LogP contribution in [0.5, 0.6) is 0 Å². The third-order valence-electron chi connectivity index (χ3n) is 5.92. The van der Waals surface area contributed by atoms with E-state index in [1.165, 1.54) is 12.8 Å². The number of aryl methyl sites for hydroxylation is 1. The van der Waals surface area contributed by atoms with E-state index in [9.17, 15) is 4.79 Å². The Balaban J connectivity index is 1.35. The molecular weight excluding hydrogens is 400 g/mol. The van der Waals surface area contributed by atoms with Crippen molar-refractivity contribution in [3.63, 3.8) is 0 Å². The molecule has 2 aliphatic heterocycles. The van der Waals surface area contributed by atoms with Gasteiger partial charge in [-0.15, -0.1) is 0 Å². The highest BCUT2D eigenvalue weighted by Crippen LogP contribution is 2.26. The maximum absolute atomic E-state index is 13.2. The molecule has 5 rings (SSSR count). The van der Waals surface area contributed by atoms with E-state index in [1.54, 1.807) is 0 Å². The first kappa shape index (κ1) is 19.2. The standard InChI is InChI=1S/C22H25ClN6O/c1-16-15-29-20(21(24-16)27-7-2-3-8-27)14-19(25-29)22(30)28-11-9-26(10-12-28)18-6-4-5-17(23)13-18/h4-6,13-15H,2-3,7-12H2,1H3. The van der Waals surface area contributed by atoms with Crippen molar-refractivity contribution in [2.75, 3.05) is 49.1 Å². The third kappa shape index (κ3) is 3.58. The number of carbonyl (C=O) groups excluding carboxylic acids is 1. The quantitative estimate of drug-likeness (QED) is 0.646. The molecule has 0 spiro atoms. The summed E-state index contributed by atoms with van der Waals surface area (Å²) in [6, 6.07) is 9.75. The summed E-state index contributed by atoms with van der Waals surface area (Å²) in [5.41, 5.74) is 3.39. The van der Waals surface area contributed by atoms with E-state index in [-0.39, 0.29) is 5.91 Å². The molecule has 0 unspecified atom stereocenters. The molecule has 2 fully saturated rings. The minimum absolute atomic E-state index is 0.0190. The molecule has 0 aliphatic carbocycles. The summed E-state index contributed by atoms with van der Waals surface area (Å²) in [4.78, 5) is 24.3. The molecule has 30 heavy (non-hydrogen) atoms. The van der Waals surface area contributed by atoms with Crippen molar-refractivity contribution >= 4 is 34.5 Å². The van der Waals surface area contributed by atoms with Crippen LogP contribution in [0.2, 0.25) is 5.02 Å². The van der Waals surface area contributed by atoms with E-state index in [2.05, 4.69) is 21.0 Å². The van der Waals surface area contributed by atoms with Crippen LogP contribution in [-0.2, 0) is 0 Å². The van der Waals surface area contributed by atoms with Crippen molar-refractivity contribution in [2.45, 2.75) is 19.8 Å². The lowest BCUT2D eigenvalue weighted by atomic mass is 10.2. The second-order valence-electron chi connectivity index (χ2n) is 8.02. The molecule has 1 amide bonds. The number of anilines is 2. The SMILES string of the molecule is Cc1cn2nc(C(=O)N3CCN(c4cccc(Cl)c4)CC3)cc2c(N2CCCC2)n1. The molecule has 0 saturated carbocycles. The van der Waals surface area contributed by atoms with Crippen molar-refractivity contribution in [1.82, 2.24) is 19.5 Å². The number of fused-ring (bicyclic) bond motifs is 1. The first-order valence-electron chi connectivity index (χ1n) is 10.5. The summed E-state index contributed by atoms with van der Waals surface area (Å²) >= 11 is 6.12. The molecule has 0 radical (unpaired) electrons. The Morgan fingerprint density at radius 1 is 1.00 bits per heavy atom. The number of benzene rings is 1. The van der Waals surface area contributed by atoms with Gasteiger partial charge in [-0.3, -0.25) is 4.79 Å². The Morgan fingerprint density at radius 3 is 2.50 bits per heavy atom. The van der Waals surface area contributed by atoms with Crippen LogP contribution in [0, 0.1) is 6.92 Å². The smallest absolute Gasteiger partial charge is 0.274 e. The normalized spacial score (nSPS) is 17.2. The van der Waals surface area contributed by atoms with Gasteiger partial charge >= 0.3 is 0 Å². The van der Waals surface area contributed by atoms with E-state index in [0.717, 1.165) is 53.9 Å². The van der Waals surface area contributed by atoms with Gasteiger partial charge in [0.2, 0.25) is 0 Å². The summed E-state index contributed by atoms with van der Waals surface area (Å²) in [7, 11) is 0. The highest BCUT2D eigenvalue weighted by molar-refractivity contribution is 6.30. The van der Waals surface area contributed by atoms with Crippen LogP contribution in [0.4, 0.5) is 11.5 Å². The molecule has 0 atom stereocenters. The van der Waals surface area contributed by atoms with Crippen LogP contribution >= 0.6 is 11.6 Å². The number of carbonyl (C=O) groups is 1. The van der Waals surface area contributed by atoms with Crippen LogP contribution in [0.25, 0.3) is 5.52 Å². The average molecular weight is 425 g/mol. The minimum atomic E-state index is -0.0190. The van der Waals surface area contributed by atoms with Gasteiger partial charge in [0, 0.05) is 56.0 Å². The summed E-state index contributed by atoms with van der Waals surface area (Å²) in [5, 5.41) is 5.33. The highest BCUT2D eigenvalue weighted by Gasteiger charge is 2.26. The van der Waals surface area contributed by atoms with E-state index in [4.69, 9.17) is 16.6 Å². The van der Waals surface area contributed by atoms with Crippen molar-refractivity contribution < 1.29 is 4.79 Å². The molecule has 8 heteroatoms. The van der Waals surface area contributed by atoms with Gasteiger partial charge in [-0.1, -0.05) is 17.7 Å². The number of aromatic nitrogens is 3. The molecule has 156 valence electrons. The van der Waals surface area contributed by atoms with E-state index in [1.807, 2.05) is 46.8 Å². The number of nitrogens with zero attached hydrogens (tertiary/aromatic N) is 6. The zero-order valence-corrected chi connectivity index (χ0v) is 17.8. The zero-order valence-electron chi connectivity index (χ0n) is 17.1. The van der Waals surface area contributed by atoms with Gasteiger partial charge in [-0.25, -0.2) is 9.50 Å². The number of piperazine rings is 1. The molecule has 2 aromatic heterocycles. The highest BCUT2D eigenvalue weighted by atomic mass is 35.5. The van der Waals surface area contributed by atoms with Crippen molar-refractivity contribution in [3.8, 4) is 0 Å². The topological polar surface area (TPSA) is 57.0 Å². The second-order valence-corrected chi connectivity index (χ2v) is 8.45. The monoisotopic (exact) mass is 424 g/mol. The number of rotatable bonds is 3.